The lowest BCUT2D eigenvalue weighted by Gasteiger charge is -2.23. The van der Waals surface area contributed by atoms with E-state index in [1.807, 2.05) is 30.3 Å². The molecule has 0 radical (unpaired) electrons. The highest BCUT2D eigenvalue weighted by atomic mass is 17.2. The van der Waals surface area contributed by atoms with Gasteiger partial charge in [-0.15, -0.1) is 4.89 Å². The Balaban J connectivity index is 2.03. The van der Waals surface area contributed by atoms with Crippen LogP contribution in [0.3, 0.4) is 0 Å². The molecule has 1 heterocycles. The fourth-order valence-corrected chi connectivity index (χ4v) is 1.78. The van der Waals surface area contributed by atoms with E-state index in [4.69, 9.17) is 14.7 Å². The van der Waals surface area contributed by atoms with E-state index < -0.39 is 5.97 Å². The molecule has 0 saturated carbocycles. The van der Waals surface area contributed by atoms with Gasteiger partial charge in [-0.05, 0) is 24.3 Å². The van der Waals surface area contributed by atoms with Crippen molar-refractivity contribution in [3.63, 3.8) is 0 Å². The summed E-state index contributed by atoms with van der Waals surface area (Å²) in [6.45, 7) is 0. The molecule has 4 nitrogen and oxygen atoms in total. The molecule has 0 aromatic heterocycles. The van der Waals surface area contributed by atoms with Crippen molar-refractivity contribution >= 4 is 0 Å². The van der Waals surface area contributed by atoms with Gasteiger partial charge in [-0.1, -0.05) is 30.3 Å². The normalized spacial score (nSPS) is 15.8. The van der Waals surface area contributed by atoms with Gasteiger partial charge in [0.15, 0.2) is 11.5 Å². The molecular weight excluding hydrogens is 220 g/mol. The molecule has 1 aliphatic rings. The quantitative estimate of drug-likeness (QED) is 0.636. The largest absolute Gasteiger partial charge is 0.428 e. The van der Waals surface area contributed by atoms with Crippen molar-refractivity contribution in [2.75, 3.05) is 0 Å². The monoisotopic (exact) mass is 230 g/mol. The van der Waals surface area contributed by atoms with Gasteiger partial charge in [0.05, 0.1) is 5.56 Å². The molecule has 0 amide bonds. The van der Waals surface area contributed by atoms with Crippen molar-refractivity contribution in [1.82, 2.24) is 0 Å². The first-order valence-electron chi connectivity index (χ1n) is 5.19. The fourth-order valence-electron chi connectivity index (χ4n) is 1.78. The van der Waals surface area contributed by atoms with Crippen molar-refractivity contribution in [1.29, 1.82) is 0 Å². The van der Waals surface area contributed by atoms with Gasteiger partial charge in [0.2, 0.25) is 0 Å². The molecule has 3 rings (SSSR count). The maximum absolute atomic E-state index is 9.09. The third-order valence-electron chi connectivity index (χ3n) is 2.59. The molecule has 2 aromatic carbocycles. The first-order chi connectivity index (χ1) is 8.34. The van der Waals surface area contributed by atoms with Crippen LogP contribution in [0.15, 0.2) is 54.6 Å². The number of hydrogen-bond donors (Lipinski definition) is 1. The third kappa shape index (κ3) is 1.54. The lowest BCUT2D eigenvalue weighted by atomic mass is 10.2. The molecule has 0 unspecified atom stereocenters. The molecule has 0 fully saturated rings. The highest BCUT2D eigenvalue weighted by Crippen LogP contribution is 2.43. The Labute approximate surface area is 97.9 Å². The lowest BCUT2D eigenvalue weighted by Crippen LogP contribution is -2.37. The zero-order valence-electron chi connectivity index (χ0n) is 8.87. The van der Waals surface area contributed by atoms with E-state index in [1.165, 1.54) is 0 Å². The second-order valence-corrected chi connectivity index (χ2v) is 3.66. The molecule has 1 N–H and O–H groups in total. The average molecular weight is 230 g/mol. The van der Waals surface area contributed by atoms with Crippen molar-refractivity contribution in [3.05, 3.63) is 60.2 Å². The molecule has 0 bridgehead atoms. The van der Waals surface area contributed by atoms with Gasteiger partial charge in [0, 0.05) is 0 Å². The van der Waals surface area contributed by atoms with Crippen LogP contribution in [0.5, 0.6) is 11.5 Å². The molecule has 4 heteroatoms. The van der Waals surface area contributed by atoms with E-state index in [1.54, 1.807) is 24.3 Å². The Morgan fingerprint density at radius 2 is 1.35 bits per heavy atom. The van der Waals surface area contributed by atoms with E-state index >= 15 is 0 Å². The minimum atomic E-state index is -1.61. The number of fused-ring (bicyclic) bond motifs is 1. The Hall–Kier alpha value is -2.04. The molecule has 1 aliphatic heterocycles. The van der Waals surface area contributed by atoms with Gasteiger partial charge >= 0.3 is 5.97 Å². The predicted molar refractivity (Wildman–Crippen MR) is 59.5 cm³/mol. The van der Waals surface area contributed by atoms with E-state index in [9.17, 15) is 0 Å². The number of ether oxygens (including phenoxy) is 2. The van der Waals surface area contributed by atoms with Crippen LogP contribution >= 0.6 is 0 Å². The van der Waals surface area contributed by atoms with E-state index in [-0.39, 0.29) is 0 Å². The van der Waals surface area contributed by atoms with Crippen LogP contribution in [-0.4, -0.2) is 5.26 Å². The summed E-state index contributed by atoms with van der Waals surface area (Å²) in [7, 11) is 0. The standard InChI is InChI=1S/C13H10O4/c14-17-13(10-6-2-1-3-7-10)15-11-8-4-5-9-12(11)16-13/h1-9,14H. The predicted octanol–water partition coefficient (Wildman–Crippen LogP) is 2.76. The topological polar surface area (TPSA) is 47.9 Å². The number of para-hydroxylation sites is 2. The van der Waals surface area contributed by atoms with E-state index in [2.05, 4.69) is 4.89 Å². The average Bonchev–Trinajstić information content (AvgIpc) is 2.79. The van der Waals surface area contributed by atoms with Gasteiger partial charge in [-0.25, -0.2) is 5.26 Å². The summed E-state index contributed by atoms with van der Waals surface area (Å²) in [6.07, 6.45) is 0. The van der Waals surface area contributed by atoms with Gasteiger partial charge in [0.1, 0.15) is 0 Å². The van der Waals surface area contributed by atoms with E-state index in [0.717, 1.165) is 0 Å². The van der Waals surface area contributed by atoms with Crippen LogP contribution < -0.4 is 9.47 Å². The summed E-state index contributed by atoms with van der Waals surface area (Å²) in [5.41, 5.74) is 0.582. The summed E-state index contributed by atoms with van der Waals surface area (Å²) in [5, 5.41) is 9.09. The highest BCUT2D eigenvalue weighted by molar-refractivity contribution is 5.43. The Kier molecular flexibility index (Phi) is 2.24. The van der Waals surface area contributed by atoms with Crippen molar-refractivity contribution in [2.24, 2.45) is 0 Å². The lowest BCUT2D eigenvalue weighted by molar-refractivity contribution is -0.446. The minimum Gasteiger partial charge on any atom is -0.421 e. The molecule has 0 aliphatic carbocycles. The second kappa shape index (κ2) is 3.76. The maximum atomic E-state index is 9.09. The molecular formula is C13H10O4. The smallest absolute Gasteiger partial charge is 0.421 e. The van der Waals surface area contributed by atoms with Crippen LogP contribution in [-0.2, 0) is 10.9 Å². The molecule has 0 spiro atoms. The van der Waals surface area contributed by atoms with Crippen molar-refractivity contribution < 1.29 is 19.6 Å². The summed E-state index contributed by atoms with van der Waals surface area (Å²) >= 11 is 0. The number of benzene rings is 2. The fraction of sp³-hybridized carbons (Fsp3) is 0.0769. The van der Waals surface area contributed by atoms with Gasteiger partial charge in [-0.2, -0.15) is 0 Å². The zero-order valence-corrected chi connectivity index (χ0v) is 8.87. The van der Waals surface area contributed by atoms with Crippen LogP contribution in [0, 0.1) is 0 Å². The maximum Gasteiger partial charge on any atom is 0.428 e. The van der Waals surface area contributed by atoms with Crippen LogP contribution in [0.25, 0.3) is 0 Å². The second-order valence-electron chi connectivity index (χ2n) is 3.66. The highest BCUT2D eigenvalue weighted by Gasteiger charge is 2.46. The minimum absolute atomic E-state index is 0.533. The Morgan fingerprint density at radius 1 is 0.824 bits per heavy atom. The van der Waals surface area contributed by atoms with Gasteiger partial charge in [0.25, 0.3) is 0 Å². The van der Waals surface area contributed by atoms with Crippen molar-refractivity contribution in [3.8, 4) is 11.5 Å². The Bertz CT molecular complexity index is 499. The molecule has 0 saturated heterocycles. The van der Waals surface area contributed by atoms with Crippen LogP contribution in [0.2, 0.25) is 0 Å². The first-order valence-corrected chi connectivity index (χ1v) is 5.19. The van der Waals surface area contributed by atoms with Gasteiger partial charge in [-0.3, -0.25) is 0 Å². The van der Waals surface area contributed by atoms with Gasteiger partial charge < -0.3 is 9.47 Å². The molecule has 0 atom stereocenters. The third-order valence-corrected chi connectivity index (χ3v) is 2.59. The Morgan fingerprint density at radius 3 is 1.88 bits per heavy atom. The number of hydrogen-bond acceptors (Lipinski definition) is 4. The zero-order chi connectivity index (χ0) is 11.7. The molecule has 86 valence electrons. The van der Waals surface area contributed by atoms with Crippen molar-refractivity contribution in [2.45, 2.75) is 5.97 Å². The van der Waals surface area contributed by atoms with Crippen LogP contribution in [0.1, 0.15) is 5.56 Å². The van der Waals surface area contributed by atoms with E-state index in [0.29, 0.717) is 17.1 Å². The molecule has 17 heavy (non-hydrogen) atoms. The summed E-state index contributed by atoms with van der Waals surface area (Å²) < 4.78 is 11.1. The van der Waals surface area contributed by atoms with Crippen LogP contribution in [0.4, 0.5) is 0 Å². The summed E-state index contributed by atoms with van der Waals surface area (Å²) in [6, 6.07) is 16.1. The summed E-state index contributed by atoms with van der Waals surface area (Å²) in [5.74, 6) is -0.541. The first kappa shape index (κ1) is 10.1. The SMILES string of the molecule is OOC1(c2ccccc2)Oc2ccccc2O1. The summed E-state index contributed by atoms with van der Waals surface area (Å²) in [4.78, 5) is 4.42. The number of rotatable bonds is 2. The molecule has 2 aromatic rings.